The maximum Gasteiger partial charge on any atom is 0.106 e. The molecule has 5 heteroatoms. The van der Waals surface area contributed by atoms with Crippen molar-refractivity contribution in [2.45, 2.75) is 5.41 Å². The summed E-state index contributed by atoms with van der Waals surface area (Å²) in [6, 6.07) is 63.1. The van der Waals surface area contributed by atoms with E-state index < -0.39 is 5.41 Å². The smallest absolute Gasteiger partial charge is 0.106 e. The zero-order valence-electron chi connectivity index (χ0n) is 30.8. The predicted molar refractivity (Wildman–Crippen MR) is 231 cm³/mol. The zero-order valence-corrected chi connectivity index (χ0v) is 30.8. The summed E-state index contributed by atoms with van der Waals surface area (Å²) in [7, 11) is 0. The minimum Gasteiger partial charge on any atom is -0.309 e. The Bertz CT molecular complexity index is 3230. The number of benzene rings is 6. The highest BCUT2D eigenvalue weighted by Gasteiger charge is 2.49. The Morgan fingerprint density at radius 3 is 1.58 bits per heavy atom. The molecular weight excluding hydrogens is 695 g/mol. The molecule has 1 aliphatic carbocycles. The van der Waals surface area contributed by atoms with Crippen molar-refractivity contribution in [3.63, 3.8) is 0 Å². The number of aromatic nitrogens is 5. The molecule has 0 saturated heterocycles. The van der Waals surface area contributed by atoms with E-state index >= 15 is 0 Å². The molecule has 5 aromatic heterocycles. The molecule has 0 fully saturated rings. The van der Waals surface area contributed by atoms with Crippen molar-refractivity contribution in [1.29, 1.82) is 0 Å². The molecule has 5 nitrogen and oxygen atoms in total. The first-order valence-electron chi connectivity index (χ1n) is 19.3. The van der Waals surface area contributed by atoms with Gasteiger partial charge in [-0.2, -0.15) is 0 Å². The van der Waals surface area contributed by atoms with Crippen molar-refractivity contribution < 1.29 is 0 Å². The molecule has 0 spiro atoms. The summed E-state index contributed by atoms with van der Waals surface area (Å²) in [6.07, 6.45) is 7.67. The largest absolute Gasteiger partial charge is 0.309 e. The third kappa shape index (κ3) is 4.42. The van der Waals surface area contributed by atoms with Crippen LogP contribution in [-0.2, 0) is 5.41 Å². The number of pyridine rings is 3. The van der Waals surface area contributed by atoms with Gasteiger partial charge in [-0.3, -0.25) is 15.0 Å². The van der Waals surface area contributed by atoms with Crippen LogP contribution in [0.3, 0.4) is 0 Å². The molecule has 0 unspecified atom stereocenters. The molecule has 12 rings (SSSR count). The molecule has 0 atom stereocenters. The zero-order chi connectivity index (χ0) is 37.5. The average molecular weight is 728 g/mol. The summed E-state index contributed by atoms with van der Waals surface area (Å²) in [5.74, 6) is 0. The SMILES string of the molecule is c1ccc(C2(c3ccccn3)c3ccccc3-c3c2ccc2c4cnccc4n(-c4ccc(-c5ccc(-n6c7ccccc7c7ccccc76)cc5)cc4)c32)nc1. The maximum atomic E-state index is 5.04. The van der Waals surface area contributed by atoms with Gasteiger partial charge in [-0.05, 0) is 94.5 Å². The van der Waals surface area contributed by atoms with Crippen LogP contribution in [0.1, 0.15) is 22.5 Å². The summed E-state index contributed by atoms with van der Waals surface area (Å²) < 4.78 is 4.78. The molecule has 0 radical (unpaired) electrons. The van der Waals surface area contributed by atoms with E-state index in [1.807, 2.05) is 36.9 Å². The Balaban J connectivity index is 1.03. The van der Waals surface area contributed by atoms with Gasteiger partial charge in [-0.25, -0.2) is 0 Å². The van der Waals surface area contributed by atoms with Crippen molar-refractivity contribution >= 4 is 43.6 Å². The van der Waals surface area contributed by atoms with Crippen LogP contribution in [0.5, 0.6) is 0 Å². The van der Waals surface area contributed by atoms with Gasteiger partial charge in [0, 0.05) is 63.3 Å². The molecule has 0 amide bonds. The van der Waals surface area contributed by atoms with E-state index in [1.165, 1.54) is 49.6 Å². The molecule has 57 heavy (non-hydrogen) atoms. The van der Waals surface area contributed by atoms with Gasteiger partial charge in [0.25, 0.3) is 0 Å². The Kier molecular flexibility index (Phi) is 6.78. The topological polar surface area (TPSA) is 48.5 Å². The fraction of sp³-hybridized carbons (Fsp3) is 0.0192. The van der Waals surface area contributed by atoms with Gasteiger partial charge in [-0.15, -0.1) is 0 Å². The first-order valence-corrected chi connectivity index (χ1v) is 19.3. The molecule has 5 heterocycles. The van der Waals surface area contributed by atoms with Gasteiger partial charge < -0.3 is 9.13 Å². The van der Waals surface area contributed by atoms with E-state index in [2.05, 4.69) is 178 Å². The Hall–Kier alpha value is -7.63. The normalized spacial score (nSPS) is 13.1. The van der Waals surface area contributed by atoms with Crippen molar-refractivity contribution in [1.82, 2.24) is 24.1 Å². The standard InChI is InChI=1S/C52H33N5/c1-4-14-43-41(13-1)50-44(52(43,48-17-7-9-30-54-48)49-18-8-10-31-55-49)28-27-40-42-33-53-32-29-47(42)57(51(40)50)37-25-21-35(22-26-37)34-19-23-36(24-20-34)56-45-15-5-2-11-38(45)39-12-3-6-16-46(39)56/h1-33H. The maximum absolute atomic E-state index is 5.04. The lowest BCUT2D eigenvalue weighted by atomic mass is 9.72. The highest BCUT2D eigenvalue weighted by Crippen LogP contribution is 2.57. The third-order valence-electron chi connectivity index (χ3n) is 12.0. The van der Waals surface area contributed by atoms with E-state index in [0.717, 1.165) is 50.1 Å². The van der Waals surface area contributed by atoms with Crippen LogP contribution in [0.25, 0.3) is 77.2 Å². The van der Waals surface area contributed by atoms with Crippen LogP contribution >= 0.6 is 0 Å². The lowest BCUT2D eigenvalue weighted by molar-refractivity contribution is 0.706. The van der Waals surface area contributed by atoms with Crippen LogP contribution in [0.15, 0.2) is 201 Å². The molecule has 0 bridgehead atoms. The van der Waals surface area contributed by atoms with Gasteiger partial charge in [0.15, 0.2) is 0 Å². The minimum atomic E-state index is -0.697. The van der Waals surface area contributed by atoms with Gasteiger partial charge >= 0.3 is 0 Å². The summed E-state index contributed by atoms with van der Waals surface area (Å²) in [5.41, 5.74) is 15.2. The number of para-hydroxylation sites is 2. The molecule has 0 N–H and O–H groups in total. The summed E-state index contributed by atoms with van der Waals surface area (Å²) in [4.78, 5) is 14.7. The van der Waals surface area contributed by atoms with Crippen LogP contribution in [-0.4, -0.2) is 24.1 Å². The molecule has 266 valence electrons. The molecule has 0 saturated carbocycles. The molecule has 6 aromatic carbocycles. The van der Waals surface area contributed by atoms with Crippen LogP contribution in [0, 0.1) is 0 Å². The molecule has 0 aliphatic heterocycles. The van der Waals surface area contributed by atoms with Crippen LogP contribution in [0.4, 0.5) is 0 Å². The second-order valence-electron chi connectivity index (χ2n) is 14.8. The number of hydrogen-bond acceptors (Lipinski definition) is 3. The van der Waals surface area contributed by atoms with Gasteiger partial charge in [-0.1, -0.05) is 109 Å². The van der Waals surface area contributed by atoms with E-state index in [9.17, 15) is 0 Å². The van der Waals surface area contributed by atoms with Gasteiger partial charge in [0.2, 0.25) is 0 Å². The first-order chi connectivity index (χ1) is 28.3. The fourth-order valence-corrected chi connectivity index (χ4v) is 9.64. The first kappa shape index (κ1) is 31.7. The monoisotopic (exact) mass is 727 g/mol. The van der Waals surface area contributed by atoms with Crippen molar-refractivity contribution in [3.8, 4) is 33.6 Å². The van der Waals surface area contributed by atoms with Gasteiger partial charge in [0.05, 0.1) is 33.5 Å². The average Bonchev–Trinajstić information content (AvgIpc) is 3.92. The third-order valence-corrected chi connectivity index (χ3v) is 12.0. The van der Waals surface area contributed by atoms with Crippen molar-refractivity contribution in [2.24, 2.45) is 0 Å². The second kappa shape index (κ2) is 12.2. The quantitative estimate of drug-likeness (QED) is 0.177. The number of fused-ring (bicyclic) bond motifs is 10. The fourth-order valence-electron chi connectivity index (χ4n) is 9.64. The number of hydrogen-bond donors (Lipinski definition) is 0. The van der Waals surface area contributed by atoms with Crippen LogP contribution in [0.2, 0.25) is 0 Å². The Morgan fingerprint density at radius 2 is 0.947 bits per heavy atom. The summed E-state index contributed by atoms with van der Waals surface area (Å²) >= 11 is 0. The van der Waals surface area contributed by atoms with Crippen molar-refractivity contribution in [2.75, 3.05) is 0 Å². The van der Waals surface area contributed by atoms with Gasteiger partial charge in [0.1, 0.15) is 5.41 Å². The van der Waals surface area contributed by atoms with Crippen molar-refractivity contribution in [3.05, 3.63) is 223 Å². The lowest BCUT2D eigenvalue weighted by Gasteiger charge is -2.31. The second-order valence-corrected chi connectivity index (χ2v) is 14.8. The highest BCUT2D eigenvalue weighted by molar-refractivity contribution is 6.16. The van der Waals surface area contributed by atoms with E-state index in [-0.39, 0.29) is 0 Å². The van der Waals surface area contributed by atoms with E-state index in [0.29, 0.717) is 0 Å². The Morgan fingerprint density at radius 1 is 0.386 bits per heavy atom. The molecular formula is C52H33N5. The molecule has 1 aliphatic rings. The predicted octanol–water partition coefficient (Wildman–Crippen LogP) is 12.1. The summed E-state index contributed by atoms with van der Waals surface area (Å²) in [5, 5.41) is 4.81. The number of rotatable bonds is 5. The number of nitrogens with zero attached hydrogens (tertiary/aromatic N) is 5. The minimum absolute atomic E-state index is 0.697. The van der Waals surface area contributed by atoms with E-state index in [4.69, 9.17) is 9.97 Å². The molecule has 11 aromatic rings. The Labute approximate surface area is 328 Å². The van der Waals surface area contributed by atoms with Crippen LogP contribution < -0.4 is 0 Å². The summed E-state index contributed by atoms with van der Waals surface area (Å²) in [6.45, 7) is 0. The lowest BCUT2D eigenvalue weighted by Crippen LogP contribution is -2.30. The highest BCUT2D eigenvalue weighted by atomic mass is 15.0. The van der Waals surface area contributed by atoms with E-state index in [1.54, 1.807) is 0 Å².